The number of rotatable bonds is 6. The van der Waals surface area contributed by atoms with E-state index < -0.39 is 5.60 Å². The van der Waals surface area contributed by atoms with Crippen molar-refractivity contribution in [2.24, 2.45) is 5.92 Å². The molecule has 0 unspecified atom stereocenters. The largest absolute Gasteiger partial charge is 0.493 e. The lowest BCUT2D eigenvalue weighted by Crippen LogP contribution is -2.47. The molecule has 1 atom stereocenters. The molecule has 0 saturated carbocycles. The molecule has 2 amide bonds. The summed E-state index contributed by atoms with van der Waals surface area (Å²) in [7, 11) is 3.20. The Kier molecular flexibility index (Phi) is 7.54. The molecular formula is C21H32N2O5. The second kappa shape index (κ2) is 9.66. The van der Waals surface area contributed by atoms with Gasteiger partial charge in [-0.05, 0) is 57.7 Å². The van der Waals surface area contributed by atoms with Crippen molar-refractivity contribution >= 4 is 12.0 Å². The molecule has 1 aromatic carbocycles. The highest BCUT2D eigenvalue weighted by Gasteiger charge is 2.30. The molecule has 2 rings (SSSR count). The molecule has 28 heavy (non-hydrogen) atoms. The lowest BCUT2D eigenvalue weighted by Gasteiger charge is -2.33. The van der Waals surface area contributed by atoms with Gasteiger partial charge < -0.3 is 24.4 Å². The zero-order valence-electron chi connectivity index (χ0n) is 17.5. The van der Waals surface area contributed by atoms with Crippen molar-refractivity contribution in [1.82, 2.24) is 10.2 Å². The van der Waals surface area contributed by atoms with E-state index in [-0.39, 0.29) is 17.9 Å². The van der Waals surface area contributed by atoms with Crippen LogP contribution in [0.1, 0.15) is 39.2 Å². The molecule has 7 heteroatoms. The molecule has 0 bridgehead atoms. The van der Waals surface area contributed by atoms with Crippen LogP contribution >= 0.6 is 0 Å². The second-order valence-electron chi connectivity index (χ2n) is 8.00. The quantitative estimate of drug-likeness (QED) is 0.805. The fourth-order valence-electron chi connectivity index (χ4n) is 3.19. The Hall–Kier alpha value is -2.44. The van der Waals surface area contributed by atoms with E-state index in [9.17, 15) is 9.59 Å². The first-order chi connectivity index (χ1) is 13.2. The maximum atomic E-state index is 12.5. The summed E-state index contributed by atoms with van der Waals surface area (Å²) in [4.78, 5) is 26.4. The van der Waals surface area contributed by atoms with Gasteiger partial charge in [0.1, 0.15) is 5.60 Å². The van der Waals surface area contributed by atoms with Gasteiger partial charge in [-0.15, -0.1) is 0 Å². The number of benzene rings is 1. The molecule has 1 aliphatic heterocycles. The lowest BCUT2D eigenvalue weighted by atomic mass is 9.97. The molecule has 1 fully saturated rings. The van der Waals surface area contributed by atoms with E-state index in [0.717, 1.165) is 18.4 Å². The Morgan fingerprint density at radius 1 is 1.18 bits per heavy atom. The van der Waals surface area contributed by atoms with Gasteiger partial charge in [0.05, 0.1) is 20.1 Å². The topological polar surface area (TPSA) is 77.1 Å². The number of likely N-dealkylation sites (tertiary alicyclic amines) is 1. The van der Waals surface area contributed by atoms with Gasteiger partial charge in [-0.3, -0.25) is 4.79 Å². The molecule has 7 nitrogen and oxygen atoms in total. The molecular weight excluding hydrogens is 360 g/mol. The Balaban J connectivity index is 1.83. The summed E-state index contributed by atoms with van der Waals surface area (Å²) in [5.41, 5.74) is 0.517. The molecule has 1 heterocycles. The van der Waals surface area contributed by atoms with Crippen LogP contribution in [0.3, 0.4) is 0 Å². The third kappa shape index (κ3) is 6.32. The van der Waals surface area contributed by atoms with E-state index in [4.69, 9.17) is 14.2 Å². The highest BCUT2D eigenvalue weighted by atomic mass is 16.6. The summed E-state index contributed by atoms with van der Waals surface area (Å²) < 4.78 is 16.0. The number of amides is 2. The summed E-state index contributed by atoms with van der Waals surface area (Å²) >= 11 is 0. The van der Waals surface area contributed by atoms with Gasteiger partial charge in [0.2, 0.25) is 5.91 Å². The predicted octanol–water partition coefficient (Wildman–Crippen LogP) is 3.01. The third-order valence-corrected chi connectivity index (χ3v) is 4.60. The van der Waals surface area contributed by atoms with Crippen molar-refractivity contribution in [3.8, 4) is 11.5 Å². The van der Waals surface area contributed by atoms with Crippen molar-refractivity contribution in [3.05, 3.63) is 23.8 Å². The van der Waals surface area contributed by atoms with Crippen LogP contribution in [0.25, 0.3) is 0 Å². The average molecular weight is 392 g/mol. The smallest absolute Gasteiger partial charge is 0.410 e. The molecule has 0 aromatic heterocycles. The van der Waals surface area contributed by atoms with Crippen molar-refractivity contribution in [2.45, 2.75) is 45.6 Å². The minimum Gasteiger partial charge on any atom is -0.493 e. The van der Waals surface area contributed by atoms with Crippen molar-refractivity contribution in [2.75, 3.05) is 33.9 Å². The predicted molar refractivity (Wildman–Crippen MR) is 107 cm³/mol. The van der Waals surface area contributed by atoms with Crippen molar-refractivity contribution in [1.29, 1.82) is 0 Å². The maximum Gasteiger partial charge on any atom is 0.410 e. The number of hydrogen-bond acceptors (Lipinski definition) is 5. The number of nitrogens with one attached hydrogen (secondary N) is 1. The first-order valence-corrected chi connectivity index (χ1v) is 9.70. The molecule has 1 aliphatic rings. The van der Waals surface area contributed by atoms with Gasteiger partial charge >= 0.3 is 6.09 Å². The van der Waals surface area contributed by atoms with E-state index in [1.165, 1.54) is 0 Å². The summed E-state index contributed by atoms with van der Waals surface area (Å²) in [6.45, 7) is 7.08. The van der Waals surface area contributed by atoms with Crippen LogP contribution in [-0.2, 0) is 16.0 Å². The standard InChI is InChI=1S/C21H32N2O5/c1-21(2,3)28-20(25)23-12-6-7-16(14-23)19(24)22-11-10-15-8-9-17(26-4)18(13-15)27-5/h8-9,13,16H,6-7,10-12,14H2,1-5H3,(H,22,24)/t16-/m0/s1. The first kappa shape index (κ1) is 21.9. The van der Waals surface area contributed by atoms with Gasteiger partial charge in [0, 0.05) is 19.6 Å². The molecule has 0 spiro atoms. The highest BCUT2D eigenvalue weighted by molar-refractivity contribution is 5.80. The number of piperidine rings is 1. The fraction of sp³-hybridized carbons (Fsp3) is 0.619. The minimum atomic E-state index is -0.536. The van der Waals surface area contributed by atoms with Gasteiger partial charge in [-0.25, -0.2) is 4.79 Å². The van der Waals surface area contributed by atoms with Crippen LogP contribution in [0.4, 0.5) is 4.79 Å². The Bertz CT molecular complexity index is 684. The SMILES string of the molecule is COc1ccc(CCNC(=O)[C@H]2CCCN(C(=O)OC(C)(C)C)C2)cc1OC. The number of carbonyl (C=O) groups is 2. The monoisotopic (exact) mass is 392 g/mol. The Morgan fingerprint density at radius 3 is 2.54 bits per heavy atom. The summed E-state index contributed by atoms with van der Waals surface area (Å²) in [6.07, 6.45) is 1.92. The first-order valence-electron chi connectivity index (χ1n) is 9.70. The number of carbonyl (C=O) groups excluding carboxylic acids is 2. The minimum absolute atomic E-state index is 0.0197. The fourth-order valence-corrected chi connectivity index (χ4v) is 3.19. The van der Waals surface area contributed by atoms with Crippen LogP contribution in [0, 0.1) is 5.92 Å². The number of methoxy groups -OCH3 is 2. The van der Waals surface area contributed by atoms with Crippen LogP contribution in [0.2, 0.25) is 0 Å². The van der Waals surface area contributed by atoms with E-state index >= 15 is 0 Å². The third-order valence-electron chi connectivity index (χ3n) is 4.60. The second-order valence-corrected chi connectivity index (χ2v) is 8.00. The Labute approximate surface area is 167 Å². The molecule has 1 aromatic rings. The number of nitrogens with zero attached hydrogens (tertiary/aromatic N) is 1. The maximum absolute atomic E-state index is 12.5. The van der Waals surface area contributed by atoms with Gasteiger partial charge in [-0.2, -0.15) is 0 Å². The summed E-state index contributed by atoms with van der Waals surface area (Å²) in [6, 6.07) is 5.73. The lowest BCUT2D eigenvalue weighted by molar-refractivity contribution is -0.126. The van der Waals surface area contributed by atoms with Crippen LogP contribution in [0.15, 0.2) is 18.2 Å². The summed E-state index contributed by atoms with van der Waals surface area (Å²) in [5.74, 6) is 1.13. The van der Waals surface area contributed by atoms with Crippen molar-refractivity contribution < 1.29 is 23.8 Å². The Morgan fingerprint density at radius 2 is 1.89 bits per heavy atom. The number of hydrogen-bond donors (Lipinski definition) is 1. The number of ether oxygens (including phenoxy) is 3. The molecule has 156 valence electrons. The summed E-state index contributed by atoms with van der Waals surface area (Å²) in [5, 5.41) is 2.98. The molecule has 0 radical (unpaired) electrons. The zero-order chi connectivity index (χ0) is 20.7. The highest BCUT2D eigenvalue weighted by Crippen LogP contribution is 2.27. The van der Waals surface area contributed by atoms with Crippen LogP contribution < -0.4 is 14.8 Å². The van der Waals surface area contributed by atoms with Gasteiger partial charge in [0.15, 0.2) is 11.5 Å². The van der Waals surface area contributed by atoms with Crippen LogP contribution in [0.5, 0.6) is 11.5 Å². The van der Waals surface area contributed by atoms with Gasteiger partial charge in [0.25, 0.3) is 0 Å². The van der Waals surface area contributed by atoms with E-state index in [0.29, 0.717) is 37.6 Å². The van der Waals surface area contributed by atoms with E-state index in [1.807, 2.05) is 39.0 Å². The van der Waals surface area contributed by atoms with E-state index in [1.54, 1.807) is 19.1 Å². The normalized spacial score (nSPS) is 17.0. The molecule has 1 saturated heterocycles. The van der Waals surface area contributed by atoms with Crippen LogP contribution in [-0.4, -0.2) is 56.4 Å². The van der Waals surface area contributed by atoms with E-state index in [2.05, 4.69) is 5.32 Å². The molecule has 1 N–H and O–H groups in total. The van der Waals surface area contributed by atoms with Gasteiger partial charge in [-0.1, -0.05) is 6.07 Å². The van der Waals surface area contributed by atoms with Crippen molar-refractivity contribution in [3.63, 3.8) is 0 Å². The molecule has 0 aliphatic carbocycles. The average Bonchev–Trinajstić information content (AvgIpc) is 2.66. The zero-order valence-corrected chi connectivity index (χ0v) is 17.5.